The third-order valence-corrected chi connectivity index (χ3v) is 3.32. The molecule has 0 spiro atoms. The number of halogens is 4. The maximum absolute atomic E-state index is 12.6. The van der Waals surface area contributed by atoms with Crippen LogP contribution in [0.25, 0.3) is 0 Å². The number of nitrogens with one attached hydrogen (secondary N) is 2. The zero-order valence-corrected chi connectivity index (χ0v) is 11.3. The van der Waals surface area contributed by atoms with E-state index in [1.807, 2.05) is 0 Å². The molecule has 0 aromatic heterocycles. The molecule has 0 bridgehead atoms. The Kier molecular flexibility index (Phi) is 4.55. The van der Waals surface area contributed by atoms with E-state index in [1.54, 1.807) is 0 Å². The van der Waals surface area contributed by atoms with Gasteiger partial charge in [-0.1, -0.05) is 11.6 Å². The second-order valence-electron chi connectivity index (χ2n) is 4.77. The van der Waals surface area contributed by atoms with Crippen molar-refractivity contribution in [2.45, 2.75) is 31.5 Å². The molecule has 1 unspecified atom stereocenters. The highest BCUT2D eigenvalue weighted by Gasteiger charge is 2.31. The molecule has 2 rings (SSSR count). The predicted octanol–water partition coefficient (Wildman–Crippen LogP) is 3.44. The summed E-state index contributed by atoms with van der Waals surface area (Å²) in [5.74, 6) is -0.320. The van der Waals surface area contributed by atoms with Gasteiger partial charge >= 0.3 is 6.18 Å². The molecule has 1 saturated heterocycles. The van der Waals surface area contributed by atoms with Crippen molar-refractivity contribution < 1.29 is 18.0 Å². The van der Waals surface area contributed by atoms with Gasteiger partial charge in [-0.25, -0.2) is 0 Å². The van der Waals surface area contributed by atoms with E-state index in [2.05, 4.69) is 10.6 Å². The number of rotatable bonds is 3. The summed E-state index contributed by atoms with van der Waals surface area (Å²) in [6.07, 6.45) is -2.34. The fourth-order valence-corrected chi connectivity index (χ4v) is 2.43. The number of carbonyl (C=O) groups excluding carboxylic acids is 1. The Labute approximate surface area is 119 Å². The molecule has 1 aliphatic heterocycles. The van der Waals surface area contributed by atoms with Gasteiger partial charge in [0.2, 0.25) is 5.91 Å². The average molecular weight is 307 g/mol. The lowest BCUT2D eigenvalue weighted by atomic mass is 10.1. The van der Waals surface area contributed by atoms with Gasteiger partial charge in [-0.2, -0.15) is 13.2 Å². The average Bonchev–Trinajstić information content (AvgIpc) is 2.79. The molecular formula is C13H14ClF3N2O. The van der Waals surface area contributed by atoms with E-state index in [9.17, 15) is 18.0 Å². The predicted molar refractivity (Wildman–Crippen MR) is 70.7 cm³/mol. The van der Waals surface area contributed by atoms with Crippen molar-refractivity contribution in [3.05, 3.63) is 28.8 Å². The van der Waals surface area contributed by atoms with Crippen molar-refractivity contribution in [3.63, 3.8) is 0 Å². The molecule has 3 nitrogen and oxygen atoms in total. The molecule has 110 valence electrons. The molecule has 0 saturated carbocycles. The summed E-state index contributed by atoms with van der Waals surface area (Å²) in [5, 5.41) is 5.55. The van der Waals surface area contributed by atoms with Gasteiger partial charge in [0.05, 0.1) is 5.56 Å². The topological polar surface area (TPSA) is 41.1 Å². The minimum absolute atomic E-state index is 0.0610. The largest absolute Gasteiger partial charge is 0.416 e. The maximum Gasteiger partial charge on any atom is 0.416 e. The normalized spacial score (nSPS) is 19.1. The molecule has 0 aliphatic carbocycles. The number of anilines is 1. The molecule has 1 atom stereocenters. The highest BCUT2D eigenvalue weighted by atomic mass is 35.5. The van der Waals surface area contributed by atoms with Crippen LogP contribution in [0.3, 0.4) is 0 Å². The Bertz CT molecular complexity index is 499. The van der Waals surface area contributed by atoms with Crippen LogP contribution in [0.4, 0.5) is 18.9 Å². The molecule has 2 N–H and O–H groups in total. The van der Waals surface area contributed by atoms with E-state index in [4.69, 9.17) is 11.6 Å². The van der Waals surface area contributed by atoms with Crippen molar-refractivity contribution in [1.29, 1.82) is 0 Å². The van der Waals surface area contributed by atoms with Crippen LogP contribution in [-0.4, -0.2) is 18.5 Å². The lowest BCUT2D eigenvalue weighted by Gasteiger charge is -2.13. The fourth-order valence-electron chi connectivity index (χ4n) is 2.19. The van der Waals surface area contributed by atoms with Crippen LogP contribution in [0.5, 0.6) is 0 Å². The number of hydrogen-bond acceptors (Lipinski definition) is 2. The van der Waals surface area contributed by atoms with Crippen molar-refractivity contribution >= 4 is 23.2 Å². The Morgan fingerprint density at radius 3 is 2.75 bits per heavy atom. The number of alkyl halides is 3. The third-order valence-electron chi connectivity index (χ3n) is 3.10. The number of hydrogen-bond donors (Lipinski definition) is 2. The molecule has 1 heterocycles. The zero-order chi connectivity index (χ0) is 14.8. The summed E-state index contributed by atoms with van der Waals surface area (Å²) in [7, 11) is 0. The first-order chi connectivity index (χ1) is 9.34. The van der Waals surface area contributed by atoms with Crippen LogP contribution in [-0.2, 0) is 11.0 Å². The van der Waals surface area contributed by atoms with Crippen LogP contribution >= 0.6 is 11.6 Å². The standard InChI is InChI=1S/C13H14ClF3N2O/c14-9-4-8(13(15,16)17)5-11(6-9)19-12(20)7-10-2-1-3-18-10/h4-6,10,18H,1-3,7H2,(H,19,20). The van der Waals surface area contributed by atoms with Gasteiger partial charge in [0, 0.05) is 23.2 Å². The summed E-state index contributed by atoms with van der Waals surface area (Å²) >= 11 is 5.65. The number of carbonyl (C=O) groups is 1. The second-order valence-corrected chi connectivity index (χ2v) is 5.21. The van der Waals surface area contributed by atoms with Gasteiger partial charge in [-0.05, 0) is 37.6 Å². The first-order valence-corrected chi connectivity index (χ1v) is 6.63. The van der Waals surface area contributed by atoms with Crippen LogP contribution < -0.4 is 10.6 Å². The van der Waals surface area contributed by atoms with Crippen molar-refractivity contribution in [2.24, 2.45) is 0 Å². The Hall–Kier alpha value is -1.27. The van der Waals surface area contributed by atoms with Crippen LogP contribution in [0, 0.1) is 0 Å². The van der Waals surface area contributed by atoms with Crippen molar-refractivity contribution in [1.82, 2.24) is 5.32 Å². The van der Waals surface area contributed by atoms with E-state index in [0.717, 1.165) is 31.5 Å². The quantitative estimate of drug-likeness (QED) is 0.898. The lowest BCUT2D eigenvalue weighted by Crippen LogP contribution is -2.27. The van der Waals surface area contributed by atoms with E-state index in [-0.39, 0.29) is 29.1 Å². The molecule has 20 heavy (non-hydrogen) atoms. The van der Waals surface area contributed by atoms with Gasteiger partial charge < -0.3 is 10.6 Å². The molecule has 1 aromatic carbocycles. The molecule has 1 aliphatic rings. The summed E-state index contributed by atoms with van der Waals surface area (Å²) in [5.41, 5.74) is -0.813. The van der Waals surface area contributed by atoms with Gasteiger partial charge in [0.1, 0.15) is 0 Å². The minimum atomic E-state index is -4.49. The Morgan fingerprint density at radius 1 is 1.40 bits per heavy atom. The van der Waals surface area contributed by atoms with E-state index in [0.29, 0.717) is 0 Å². The highest BCUT2D eigenvalue weighted by molar-refractivity contribution is 6.31. The molecule has 1 amide bonds. The second kappa shape index (κ2) is 6.01. The Balaban J connectivity index is 2.04. The van der Waals surface area contributed by atoms with Crippen LogP contribution in [0.1, 0.15) is 24.8 Å². The van der Waals surface area contributed by atoms with E-state index in [1.165, 1.54) is 6.07 Å². The fraction of sp³-hybridized carbons (Fsp3) is 0.462. The van der Waals surface area contributed by atoms with Crippen LogP contribution in [0.15, 0.2) is 18.2 Å². The summed E-state index contributed by atoms with van der Waals surface area (Å²) in [6.45, 7) is 0.868. The van der Waals surface area contributed by atoms with Gasteiger partial charge in [-0.3, -0.25) is 4.79 Å². The Morgan fingerprint density at radius 2 is 2.15 bits per heavy atom. The maximum atomic E-state index is 12.6. The molecule has 1 aromatic rings. The van der Waals surface area contributed by atoms with Crippen LogP contribution in [0.2, 0.25) is 5.02 Å². The van der Waals surface area contributed by atoms with Gasteiger partial charge in [-0.15, -0.1) is 0 Å². The van der Waals surface area contributed by atoms with E-state index >= 15 is 0 Å². The zero-order valence-electron chi connectivity index (χ0n) is 10.6. The molecular weight excluding hydrogens is 293 g/mol. The first kappa shape index (κ1) is 15.1. The van der Waals surface area contributed by atoms with Gasteiger partial charge in [0.15, 0.2) is 0 Å². The number of amides is 1. The summed E-state index contributed by atoms with van der Waals surface area (Å²) in [4.78, 5) is 11.8. The van der Waals surface area contributed by atoms with Gasteiger partial charge in [0.25, 0.3) is 0 Å². The third kappa shape index (κ3) is 4.11. The molecule has 0 radical (unpaired) electrons. The minimum Gasteiger partial charge on any atom is -0.326 e. The first-order valence-electron chi connectivity index (χ1n) is 6.25. The smallest absolute Gasteiger partial charge is 0.326 e. The SMILES string of the molecule is O=C(CC1CCCN1)Nc1cc(Cl)cc(C(F)(F)F)c1. The summed E-state index contributed by atoms with van der Waals surface area (Å²) in [6, 6.07) is 3.11. The molecule has 1 fully saturated rings. The van der Waals surface area contributed by atoms with Crippen molar-refractivity contribution in [2.75, 3.05) is 11.9 Å². The van der Waals surface area contributed by atoms with E-state index < -0.39 is 11.7 Å². The summed E-state index contributed by atoms with van der Waals surface area (Å²) < 4.78 is 37.9. The lowest BCUT2D eigenvalue weighted by molar-refractivity contribution is -0.137. The van der Waals surface area contributed by atoms with Crippen molar-refractivity contribution in [3.8, 4) is 0 Å². The number of benzene rings is 1. The highest BCUT2D eigenvalue weighted by Crippen LogP contribution is 2.33. The monoisotopic (exact) mass is 306 g/mol. The molecule has 7 heteroatoms.